The van der Waals surface area contributed by atoms with Crippen LogP contribution in [0.3, 0.4) is 0 Å². The maximum absolute atomic E-state index is 13.1. The average molecular weight is 389 g/mol. The Balaban J connectivity index is 2.14. The lowest BCUT2D eigenvalue weighted by Gasteiger charge is -2.15. The minimum Gasteiger partial charge on any atom is -0.278 e. The summed E-state index contributed by atoms with van der Waals surface area (Å²) >= 11 is 1.34. The highest BCUT2D eigenvalue weighted by atomic mass is 32.1. The molecule has 0 radical (unpaired) electrons. The zero-order chi connectivity index (χ0) is 18.9. The highest BCUT2D eigenvalue weighted by Crippen LogP contribution is 2.39. The van der Waals surface area contributed by atoms with Crippen LogP contribution in [0.2, 0.25) is 0 Å². The summed E-state index contributed by atoms with van der Waals surface area (Å²) < 4.78 is 78.6. The minimum atomic E-state index is -4.90. The molecule has 0 saturated heterocycles. The van der Waals surface area contributed by atoms with Crippen LogP contribution in [-0.2, 0) is 12.4 Å². The average Bonchev–Trinajstić information content (AvgIpc) is 3.05. The lowest BCUT2D eigenvalue weighted by atomic mass is 10.1. The molecule has 0 fully saturated rings. The molecule has 0 aliphatic carbocycles. The van der Waals surface area contributed by atoms with E-state index < -0.39 is 29.1 Å². The molecule has 10 heteroatoms. The number of nitrogens with one attached hydrogen (secondary N) is 1. The summed E-state index contributed by atoms with van der Waals surface area (Å²) in [5, 5.41) is 5.47. The standard InChI is InChI=1S/C16H9F6N3S/c17-15(18,19)11-5-1-4-10-12(25-23-8-9-3-2-6-26-9)7-13(16(20,21)22)24-14(10)11/h1-8H,(H,24,25)/b23-8+. The highest BCUT2D eigenvalue weighted by molar-refractivity contribution is 7.11. The second kappa shape index (κ2) is 6.60. The normalized spacial score (nSPS) is 12.8. The minimum absolute atomic E-state index is 0.115. The van der Waals surface area contributed by atoms with Gasteiger partial charge in [-0.3, -0.25) is 5.43 Å². The molecule has 0 aliphatic heterocycles. The van der Waals surface area contributed by atoms with Crippen LogP contribution in [0, 0.1) is 0 Å². The summed E-state index contributed by atoms with van der Waals surface area (Å²) in [6.07, 6.45) is -8.38. The molecule has 26 heavy (non-hydrogen) atoms. The molecule has 0 saturated carbocycles. The number of thiophene rings is 1. The molecule has 2 aromatic heterocycles. The van der Waals surface area contributed by atoms with E-state index in [4.69, 9.17) is 0 Å². The fourth-order valence-electron chi connectivity index (χ4n) is 2.25. The van der Waals surface area contributed by atoms with Gasteiger partial charge in [-0.15, -0.1) is 11.3 Å². The van der Waals surface area contributed by atoms with E-state index >= 15 is 0 Å². The molecule has 2 heterocycles. The van der Waals surface area contributed by atoms with E-state index in [-0.39, 0.29) is 11.1 Å². The Kier molecular flexibility index (Phi) is 4.61. The van der Waals surface area contributed by atoms with Gasteiger partial charge in [-0.25, -0.2) is 4.98 Å². The Labute approximate surface area is 147 Å². The molecule has 0 bridgehead atoms. The number of hydrogen-bond acceptors (Lipinski definition) is 4. The van der Waals surface area contributed by atoms with Gasteiger partial charge in [0.05, 0.1) is 23.0 Å². The molecule has 3 aromatic rings. The first kappa shape index (κ1) is 18.2. The van der Waals surface area contributed by atoms with Crippen LogP contribution in [0.4, 0.5) is 32.0 Å². The molecule has 3 rings (SSSR count). The van der Waals surface area contributed by atoms with Crippen molar-refractivity contribution in [2.24, 2.45) is 5.10 Å². The number of hydrogen-bond donors (Lipinski definition) is 1. The molecule has 0 atom stereocenters. The van der Waals surface area contributed by atoms with Crippen LogP contribution in [0.15, 0.2) is 46.9 Å². The van der Waals surface area contributed by atoms with Crippen molar-refractivity contribution in [3.05, 3.63) is 57.9 Å². The highest BCUT2D eigenvalue weighted by Gasteiger charge is 2.37. The van der Waals surface area contributed by atoms with Crippen molar-refractivity contribution in [1.82, 2.24) is 4.98 Å². The van der Waals surface area contributed by atoms with Crippen LogP contribution < -0.4 is 5.43 Å². The number of rotatable bonds is 3. The number of fused-ring (bicyclic) bond motifs is 1. The summed E-state index contributed by atoms with van der Waals surface area (Å²) in [5.74, 6) is 0. The predicted molar refractivity (Wildman–Crippen MR) is 87.3 cm³/mol. The van der Waals surface area contributed by atoms with Gasteiger partial charge >= 0.3 is 12.4 Å². The number of aromatic nitrogens is 1. The molecule has 0 unspecified atom stereocenters. The van der Waals surface area contributed by atoms with Gasteiger partial charge in [0.1, 0.15) is 5.69 Å². The van der Waals surface area contributed by atoms with Crippen LogP contribution in [-0.4, -0.2) is 11.2 Å². The maximum Gasteiger partial charge on any atom is 0.433 e. The summed E-state index contributed by atoms with van der Waals surface area (Å²) in [4.78, 5) is 3.92. The third kappa shape index (κ3) is 3.79. The summed E-state index contributed by atoms with van der Waals surface area (Å²) in [7, 11) is 0. The van der Waals surface area contributed by atoms with Crippen LogP contribution in [0.25, 0.3) is 10.9 Å². The van der Waals surface area contributed by atoms with Crippen molar-refractivity contribution in [2.45, 2.75) is 12.4 Å². The summed E-state index contributed by atoms with van der Waals surface area (Å²) in [6, 6.07) is 7.16. The number of halogens is 6. The van der Waals surface area contributed by atoms with Gasteiger partial charge in [0.15, 0.2) is 0 Å². The molecule has 1 N–H and O–H groups in total. The first-order valence-electron chi connectivity index (χ1n) is 7.07. The molecule has 1 aromatic carbocycles. The Morgan fingerprint density at radius 2 is 1.77 bits per heavy atom. The van der Waals surface area contributed by atoms with Gasteiger partial charge in [0.25, 0.3) is 0 Å². The summed E-state index contributed by atoms with van der Waals surface area (Å²) in [5.41, 5.74) is -1.30. The Morgan fingerprint density at radius 3 is 2.38 bits per heavy atom. The fourth-order valence-corrected chi connectivity index (χ4v) is 2.83. The van der Waals surface area contributed by atoms with Crippen molar-refractivity contribution in [1.29, 1.82) is 0 Å². The van der Waals surface area contributed by atoms with Crippen molar-refractivity contribution >= 4 is 34.1 Å². The second-order valence-corrected chi connectivity index (χ2v) is 6.12. The zero-order valence-electron chi connectivity index (χ0n) is 12.7. The van der Waals surface area contributed by atoms with E-state index in [1.54, 1.807) is 17.5 Å². The first-order valence-corrected chi connectivity index (χ1v) is 7.95. The number of hydrazone groups is 1. The third-order valence-corrected chi connectivity index (χ3v) is 4.16. The number of pyridine rings is 1. The van der Waals surface area contributed by atoms with Crippen molar-refractivity contribution in [3.63, 3.8) is 0 Å². The molecule has 0 amide bonds. The van der Waals surface area contributed by atoms with Gasteiger partial charge in [-0.1, -0.05) is 18.2 Å². The van der Waals surface area contributed by atoms with Gasteiger partial charge in [0.2, 0.25) is 0 Å². The molecule has 3 nitrogen and oxygen atoms in total. The maximum atomic E-state index is 13.1. The van der Waals surface area contributed by atoms with E-state index in [1.165, 1.54) is 23.6 Å². The van der Waals surface area contributed by atoms with Gasteiger partial charge in [0, 0.05) is 10.3 Å². The van der Waals surface area contributed by atoms with Crippen LogP contribution in [0.5, 0.6) is 0 Å². The Hall–Kier alpha value is -2.62. The predicted octanol–water partition coefficient (Wildman–Crippen LogP) is 5.78. The molecular weight excluding hydrogens is 380 g/mol. The Bertz CT molecular complexity index is 945. The topological polar surface area (TPSA) is 37.3 Å². The lowest BCUT2D eigenvalue weighted by molar-refractivity contribution is -0.142. The summed E-state index contributed by atoms with van der Waals surface area (Å²) in [6.45, 7) is 0. The molecule has 0 spiro atoms. The van der Waals surface area contributed by atoms with E-state index in [2.05, 4.69) is 15.5 Å². The lowest BCUT2D eigenvalue weighted by Crippen LogP contribution is -2.12. The number of nitrogens with zero attached hydrogens (tertiary/aromatic N) is 2. The van der Waals surface area contributed by atoms with Crippen molar-refractivity contribution < 1.29 is 26.3 Å². The van der Waals surface area contributed by atoms with Crippen molar-refractivity contribution in [3.8, 4) is 0 Å². The van der Waals surface area contributed by atoms with E-state index in [0.717, 1.165) is 10.9 Å². The molecule has 136 valence electrons. The first-order chi connectivity index (χ1) is 12.2. The van der Waals surface area contributed by atoms with Gasteiger partial charge in [-0.2, -0.15) is 31.4 Å². The number of benzene rings is 1. The van der Waals surface area contributed by atoms with E-state index in [9.17, 15) is 26.3 Å². The molecule has 0 aliphatic rings. The smallest absolute Gasteiger partial charge is 0.278 e. The van der Waals surface area contributed by atoms with Crippen LogP contribution >= 0.6 is 11.3 Å². The van der Waals surface area contributed by atoms with Crippen LogP contribution in [0.1, 0.15) is 16.1 Å². The fraction of sp³-hybridized carbons (Fsp3) is 0.125. The van der Waals surface area contributed by atoms with Gasteiger partial charge in [-0.05, 0) is 23.6 Å². The monoisotopic (exact) mass is 389 g/mol. The van der Waals surface area contributed by atoms with Gasteiger partial charge < -0.3 is 0 Å². The molecular formula is C16H9F6N3S. The SMILES string of the molecule is FC(F)(F)c1cc(N/N=C/c2cccs2)c2cccc(C(F)(F)F)c2n1. The quantitative estimate of drug-likeness (QED) is 0.350. The van der Waals surface area contributed by atoms with E-state index in [0.29, 0.717) is 12.1 Å². The Morgan fingerprint density at radius 1 is 1.00 bits per heavy atom. The number of anilines is 1. The largest absolute Gasteiger partial charge is 0.433 e. The zero-order valence-corrected chi connectivity index (χ0v) is 13.5. The number of alkyl halides is 6. The van der Waals surface area contributed by atoms with E-state index in [1.807, 2.05) is 0 Å². The van der Waals surface area contributed by atoms with Crippen molar-refractivity contribution in [2.75, 3.05) is 5.43 Å². The third-order valence-electron chi connectivity index (χ3n) is 3.36. The second-order valence-electron chi connectivity index (χ2n) is 5.14. The number of para-hydroxylation sites is 1.